The van der Waals surface area contributed by atoms with Gasteiger partial charge in [0.1, 0.15) is 0 Å². The Balaban J connectivity index is 2.11. The Hall–Kier alpha value is -0.170. The van der Waals surface area contributed by atoms with Crippen LogP contribution in [0.15, 0.2) is 0 Å². The fourth-order valence-electron chi connectivity index (χ4n) is 3.82. The SMILES string of the molecule is CNCCC1CCCCN1S(=O)(=O)N1CC(C)CC(C)C1. The molecule has 0 spiro atoms. The Morgan fingerprint density at radius 2 is 1.81 bits per heavy atom. The van der Waals surface area contributed by atoms with Crippen molar-refractivity contribution >= 4 is 10.2 Å². The molecule has 2 saturated heterocycles. The quantitative estimate of drug-likeness (QED) is 0.839. The number of hydrogen-bond acceptors (Lipinski definition) is 3. The van der Waals surface area contributed by atoms with E-state index in [-0.39, 0.29) is 6.04 Å². The van der Waals surface area contributed by atoms with E-state index >= 15 is 0 Å². The van der Waals surface area contributed by atoms with Gasteiger partial charge in [-0.1, -0.05) is 20.3 Å². The number of piperidine rings is 2. The maximum atomic E-state index is 13.0. The van der Waals surface area contributed by atoms with Crippen molar-refractivity contribution in [2.45, 2.75) is 52.0 Å². The summed E-state index contributed by atoms with van der Waals surface area (Å²) in [4.78, 5) is 0. The van der Waals surface area contributed by atoms with Crippen LogP contribution in [0, 0.1) is 11.8 Å². The Bertz CT molecular complexity index is 417. The Kier molecular flexibility index (Phi) is 6.05. The molecule has 0 bridgehead atoms. The van der Waals surface area contributed by atoms with E-state index in [1.54, 1.807) is 8.61 Å². The maximum absolute atomic E-state index is 13.0. The molecule has 2 heterocycles. The first kappa shape index (κ1) is 17.2. The highest BCUT2D eigenvalue weighted by molar-refractivity contribution is 7.86. The van der Waals surface area contributed by atoms with E-state index in [0.717, 1.165) is 38.6 Å². The molecule has 2 fully saturated rings. The zero-order valence-corrected chi connectivity index (χ0v) is 14.5. The minimum Gasteiger partial charge on any atom is -0.320 e. The van der Waals surface area contributed by atoms with Crippen LogP contribution in [0.3, 0.4) is 0 Å². The molecule has 0 aromatic carbocycles. The van der Waals surface area contributed by atoms with Gasteiger partial charge in [-0.3, -0.25) is 0 Å². The van der Waals surface area contributed by atoms with Gasteiger partial charge in [0, 0.05) is 25.7 Å². The van der Waals surface area contributed by atoms with Gasteiger partial charge in [0.05, 0.1) is 0 Å². The summed E-state index contributed by atoms with van der Waals surface area (Å²) < 4.78 is 29.6. The van der Waals surface area contributed by atoms with E-state index in [4.69, 9.17) is 0 Å². The summed E-state index contributed by atoms with van der Waals surface area (Å²) in [7, 11) is -1.37. The Morgan fingerprint density at radius 1 is 1.14 bits per heavy atom. The third-order valence-corrected chi connectivity index (χ3v) is 6.78. The summed E-state index contributed by atoms with van der Waals surface area (Å²) in [6.45, 7) is 7.25. The van der Waals surface area contributed by atoms with Crippen LogP contribution < -0.4 is 5.32 Å². The van der Waals surface area contributed by atoms with Gasteiger partial charge in [-0.05, 0) is 51.1 Å². The molecule has 3 atom stereocenters. The Morgan fingerprint density at radius 3 is 2.43 bits per heavy atom. The summed E-state index contributed by atoms with van der Waals surface area (Å²) in [5.74, 6) is 0.924. The van der Waals surface area contributed by atoms with Crippen LogP contribution in [0.2, 0.25) is 0 Å². The second-order valence-corrected chi connectivity index (χ2v) is 8.80. The summed E-state index contributed by atoms with van der Waals surface area (Å²) in [5, 5.41) is 3.15. The van der Waals surface area contributed by atoms with Crippen molar-refractivity contribution in [3.63, 3.8) is 0 Å². The molecule has 5 nitrogen and oxygen atoms in total. The monoisotopic (exact) mass is 317 g/mol. The highest BCUT2D eigenvalue weighted by Gasteiger charge is 2.38. The molecule has 1 N–H and O–H groups in total. The molecule has 2 aliphatic rings. The fourth-order valence-corrected chi connectivity index (χ4v) is 5.95. The molecule has 0 radical (unpaired) electrons. The van der Waals surface area contributed by atoms with Crippen molar-refractivity contribution in [2.24, 2.45) is 11.8 Å². The van der Waals surface area contributed by atoms with Crippen molar-refractivity contribution in [3.05, 3.63) is 0 Å². The molecule has 0 aromatic heterocycles. The topological polar surface area (TPSA) is 52.7 Å². The van der Waals surface area contributed by atoms with Gasteiger partial charge < -0.3 is 5.32 Å². The number of nitrogens with one attached hydrogen (secondary N) is 1. The minimum absolute atomic E-state index is 0.170. The van der Waals surface area contributed by atoms with E-state index in [1.807, 2.05) is 7.05 Å². The first-order chi connectivity index (χ1) is 9.95. The van der Waals surface area contributed by atoms with Gasteiger partial charge in [-0.25, -0.2) is 0 Å². The largest absolute Gasteiger partial charge is 0.320 e. The third-order valence-electron chi connectivity index (χ3n) is 4.76. The number of nitrogens with zero attached hydrogens (tertiary/aromatic N) is 2. The van der Waals surface area contributed by atoms with Gasteiger partial charge in [0.25, 0.3) is 10.2 Å². The van der Waals surface area contributed by atoms with Crippen molar-refractivity contribution in [1.29, 1.82) is 0 Å². The van der Waals surface area contributed by atoms with E-state index in [9.17, 15) is 8.42 Å². The van der Waals surface area contributed by atoms with Gasteiger partial charge in [0.2, 0.25) is 0 Å². The average molecular weight is 317 g/mol. The normalized spacial score (nSPS) is 33.2. The van der Waals surface area contributed by atoms with E-state index in [0.29, 0.717) is 31.5 Å². The molecule has 2 rings (SSSR count). The Labute approximate surface area is 130 Å². The zero-order chi connectivity index (χ0) is 15.5. The summed E-state index contributed by atoms with van der Waals surface area (Å²) in [6.07, 6.45) is 5.19. The second kappa shape index (κ2) is 7.40. The lowest BCUT2D eigenvalue weighted by molar-refractivity contribution is 0.182. The molecule has 0 amide bonds. The summed E-state index contributed by atoms with van der Waals surface area (Å²) >= 11 is 0. The van der Waals surface area contributed by atoms with E-state index in [1.165, 1.54) is 0 Å². The smallest absolute Gasteiger partial charge is 0.282 e. The van der Waals surface area contributed by atoms with Gasteiger partial charge in [-0.15, -0.1) is 0 Å². The number of rotatable bonds is 5. The maximum Gasteiger partial charge on any atom is 0.282 e. The van der Waals surface area contributed by atoms with Crippen molar-refractivity contribution < 1.29 is 8.42 Å². The van der Waals surface area contributed by atoms with Crippen molar-refractivity contribution in [3.8, 4) is 0 Å². The number of hydrogen-bond donors (Lipinski definition) is 1. The van der Waals surface area contributed by atoms with E-state index in [2.05, 4.69) is 19.2 Å². The fraction of sp³-hybridized carbons (Fsp3) is 1.00. The van der Waals surface area contributed by atoms with Crippen LogP contribution in [0.5, 0.6) is 0 Å². The molecule has 21 heavy (non-hydrogen) atoms. The molecule has 0 saturated carbocycles. The standard InChI is InChI=1S/C15H31N3O2S/c1-13-10-14(2)12-17(11-13)21(19,20)18-9-5-4-6-15(18)7-8-16-3/h13-16H,4-12H2,1-3H3. The minimum atomic E-state index is -3.29. The first-order valence-electron chi connectivity index (χ1n) is 8.36. The van der Waals surface area contributed by atoms with Crippen LogP contribution >= 0.6 is 0 Å². The predicted molar refractivity (Wildman–Crippen MR) is 86.3 cm³/mol. The van der Waals surface area contributed by atoms with Gasteiger partial charge in [-0.2, -0.15) is 17.0 Å². The zero-order valence-electron chi connectivity index (χ0n) is 13.7. The lowest BCUT2D eigenvalue weighted by atomic mass is 9.94. The molecule has 0 aromatic rings. The summed E-state index contributed by atoms with van der Waals surface area (Å²) in [6, 6.07) is 0.170. The van der Waals surface area contributed by atoms with Crippen LogP contribution in [0.1, 0.15) is 46.0 Å². The molecule has 3 unspecified atom stereocenters. The van der Waals surface area contributed by atoms with Crippen LogP contribution in [-0.4, -0.2) is 56.3 Å². The van der Waals surface area contributed by atoms with Crippen LogP contribution in [-0.2, 0) is 10.2 Å². The average Bonchev–Trinajstić information content (AvgIpc) is 2.44. The first-order valence-corrected chi connectivity index (χ1v) is 9.76. The second-order valence-electron chi connectivity index (χ2n) is 6.92. The summed E-state index contributed by atoms with van der Waals surface area (Å²) in [5.41, 5.74) is 0. The van der Waals surface area contributed by atoms with Crippen LogP contribution in [0.25, 0.3) is 0 Å². The van der Waals surface area contributed by atoms with E-state index < -0.39 is 10.2 Å². The molecule has 2 aliphatic heterocycles. The lowest BCUT2D eigenvalue weighted by Gasteiger charge is -2.41. The molecule has 6 heteroatoms. The molecular formula is C15H31N3O2S. The highest BCUT2D eigenvalue weighted by atomic mass is 32.2. The van der Waals surface area contributed by atoms with Crippen molar-refractivity contribution in [1.82, 2.24) is 13.9 Å². The van der Waals surface area contributed by atoms with Crippen LogP contribution in [0.4, 0.5) is 0 Å². The molecule has 124 valence electrons. The van der Waals surface area contributed by atoms with Gasteiger partial charge >= 0.3 is 0 Å². The lowest BCUT2D eigenvalue weighted by Crippen LogP contribution is -2.54. The third kappa shape index (κ3) is 4.18. The van der Waals surface area contributed by atoms with Gasteiger partial charge in [0.15, 0.2) is 0 Å². The molecular weight excluding hydrogens is 286 g/mol. The van der Waals surface area contributed by atoms with Crippen molar-refractivity contribution in [2.75, 3.05) is 33.2 Å². The predicted octanol–water partition coefficient (Wildman–Crippen LogP) is 1.67. The molecule has 0 aliphatic carbocycles. The highest BCUT2D eigenvalue weighted by Crippen LogP contribution is 2.29.